The molecule has 332 valence electrons. The summed E-state index contributed by atoms with van der Waals surface area (Å²) in [4.78, 5) is 19.3. The van der Waals surface area contributed by atoms with Crippen molar-refractivity contribution in [3.05, 3.63) is 198 Å². The SMILES string of the molecule is CC(=C/C=N)/C=C/n1c2ccc(-c3cc4cccnc4c4ncccc34)cc2c2cc3c(cc21)-c1cc2c(cc1CC3)c1cc(-c3cc(/C=C\C=N)cc4ncccc34)ccc1n2-c1cc(C)ccn1. The number of pyridine rings is 4. The lowest BCUT2D eigenvalue weighted by atomic mass is 9.84. The summed E-state index contributed by atoms with van der Waals surface area (Å²) in [6, 6.07) is 46.5. The highest BCUT2D eigenvalue weighted by molar-refractivity contribution is 6.16. The number of nitrogens with zero attached hydrogens (tertiary/aromatic N) is 6. The molecule has 0 saturated carbocycles. The second-order valence-electron chi connectivity index (χ2n) is 18.4. The summed E-state index contributed by atoms with van der Waals surface area (Å²) in [5.74, 6) is 0.883. The van der Waals surface area contributed by atoms with Gasteiger partial charge in [0.2, 0.25) is 0 Å². The van der Waals surface area contributed by atoms with Crippen LogP contribution in [0.5, 0.6) is 0 Å². The van der Waals surface area contributed by atoms with Gasteiger partial charge in [-0.3, -0.25) is 19.5 Å². The second-order valence-corrected chi connectivity index (χ2v) is 18.4. The summed E-state index contributed by atoms with van der Waals surface area (Å²) in [5.41, 5.74) is 19.9. The van der Waals surface area contributed by atoms with Crippen molar-refractivity contribution in [2.24, 2.45) is 0 Å². The Kier molecular flexibility index (Phi) is 9.55. The molecule has 0 amide bonds. The van der Waals surface area contributed by atoms with Crippen LogP contribution in [0.15, 0.2) is 176 Å². The molecule has 0 spiro atoms. The number of fused-ring (bicyclic) bond motifs is 13. The van der Waals surface area contributed by atoms with Gasteiger partial charge < -0.3 is 15.4 Å². The lowest BCUT2D eigenvalue weighted by molar-refractivity contribution is 0.946. The fraction of sp³-hybridized carbons (Fsp3) is 0.0645. The highest BCUT2D eigenvalue weighted by Crippen LogP contribution is 2.45. The third-order valence-corrected chi connectivity index (χ3v) is 14.1. The van der Waals surface area contributed by atoms with E-state index >= 15 is 0 Å². The summed E-state index contributed by atoms with van der Waals surface area (Å²) in [6.07, 6.45) is 21.7. The quantitative estimate of drug-likeness (QED) is 0.0899. The van der Waals surface area contributed by atoms with Gasteiger partial charge in [0, 0.05) is 81.1 Å². The zero-order chi connectivity index (χ0) is 47.0. The minimum absolute atomic E-state index is 0.883. The Bertz CT molecular complexity index is 4310. The second kappa shape index (κ2) is 16.3. The molecule has 13 rings (SSSR count). The predicted octanol–water partition coefficient (Wildman–Crippen LogP) is 15.1. The average molecular weight is 901 g/mol. The van der Waals surface area contributed by atoms with Crippen LogP contribution in [0, 0.1) is 17.7 Å². The van der Waals surface area contributed by atoms with E-state index in [2.05, 4.69) is 138 Å². The van der Waals surface area contributed by atoms with Crippen molar-refractivity contribution in [1.82, 2.24) is 29.1 Å². The largest absolute Gasteiger partial charge is 0.316 e. The first-order chi connectivity index (χ1) is 34.4. The van der Waals surface area contributed by atoms with Gasteiger partial charge in [-0.1, -0.05) is 36.4 Å². The number of allylic oxidation sites excluding steroid dienone is 4. The Balaban J connectivity index is 1.03. The maximum atomic E-state index is 7.75. The molecule has 0 unspecified atom stereocenters. The molecule has 70 heavy (non-hydrogen) atoms. The van der Waals surface area contributed by atoms with Gasteiger partial charge in [-0.2, -0.15) is 0 Å². The molecule has 12 aromatic rings. The number of hydrogen-bond acceptors (Lipinski definition) is 6. The number of nitrogens with one attached hydrogen (secondary N) is 2. The van der Waals surface area contributed by atoms with Crippen LogP contribution < -0.4 is 0 Å². The van der Waals surface area contributed by atoms with Gasteiger partial charge in [0.1, 0.15) is 5.82 Å². The van der Waals surface area contributed by atoms with E-state index in [1.54, 1.807) is 6.08 Å². The molecule has 0 saturated heterocycles. The fourth-order valence-corrected chi connectivity index (χ4v) is 10.9. The molecular weight excluding hydrogens is 857 g/mol. The van der Waals surface area contributed by atoms with Gasteiger partial charge in [-0.15, -0.1) is 0 Å². The first-order valence-corrected chi connectivity index (χ1v) is 23.6. The van der Waals surface area contributed by atoms with E-state index in [1.165, 1.54) is 50.8 Å². The van der Waals surface area contributed by atoms with E-state index in [-0.39, 0.29) is 0 Å². The number of benzene rings is 6. The Morgan fingerprint density at radius 2 is 1.21 bits per heavy atom. The third-order valence-electron chi connectivity index (χ3n) is 14.1. The van der Waals surface area contributed by atoms with E-state index in [0.29, 0.717) is 0 Å². The van der Waals surface area contributed by atoms with Gasteiger partial charge in [-0.25, -0.2) is 4.98 Å². The van der Waals surface area contributed by atoms with Crippen LogP contribution in [0.4, 0.5) is 0 Å². The Morgan fingerprint density at radius 1 is 0.543 bits per heavy atom. The highest BCUT2D eigenvalue weighted by Gasteiger charge is 2.24. The smallest absolute Gasteiger partial charge is 0.137 e. The van der Waals surface area contributed by atoms with Crippen molar-refractivity contribution in [3.8, 4) is 39.2 Å². The van der Waals surface area contributed by atoms with Crippen molar-refractivity contribution in [2.75, 3.05) is 0 Å². The van der Waals surface area contributed by atoms with Crippen molar-refractivity contribution < 1.29 is 0 Å². The lowest BCUT2D eigenvalue weighted by Gasteiger charge is -2.21. The molecule has 0 aliphatic heterocycles. The van der Waals surface area contributed by atoms with E-state index in [1.807, 2.05) is 62.1 Å². The minimum atomic E-state index is 0.883. The molecule has 1 aliphatic rings. The molecule has 8 nitrogen and oxygen atoms in total. The summed E-state index contributed by atoms with van der Waals surface area (Å²) >= 11 is 0. The maximum Gasteiger partial charge on any atom is 0.137 e. The zero-order valence-electron chi connectivity index (χ0n) is 38.6. The van der Waals surface area contributed by atoms with Crippen LogP contribution in [-0.4, -0.2) is 41.5 Å². The van der Waals surface area contributed by atoms with Crippen molar-refractivity contribution in [3.63, 3.8) is 0 Å². The number of hydrogen-bond donors (Lipinski definition) is 2. The molecule has 6 aromatic heterocycles. The average Bonchev–Trinajstić information content (AvgIpc) is 3.88. The van der Waals surface area contributed by atoms with Crippen LogP contribution >= 0.6 is 0 Å². The summed E-state index contributed by atoms with van der Waals surface area (Å²) in [7, 11) is 0. The van der Waals surface area contributed by atoms with Gasteiger partial charge in [0.15, 0.2) is 0 Å². The molecular formula is C62H44N8. The normalized spacial score (nSPS) is 13.0. The third kappa shape index (κ3) is 6.59. The zero-order valence-corrected chi connectivity index (χ0v) is 38.6. The molecule has 8 heteroatoms. The van der Waals surface area contributed by atoms with Crippen LogP contribution in [0.3, 0.4) is 0 Å². The molecule has 0 bridgehead atoms. The lowest BCUT2D eigenvalue weighted by Crippen LogP contribution is -2.05. The van der Waals surface area contributed by atoms with Crippen molar-refractivity contribution >= 4 is 101 Å². The van der Waals surface area contributed by atoms with Crippen LogP contribution in [0.2, 0.25) is 0 Å². The van der Waals surface area contributed by atoms with Gasteiger partial charge >= 0.3 is 0 Å². The van der Waals surface area contributed by atoms with E-state index < -0.39 is 0 Å². The first kappa shape index (κ1) is 41.1. The Hall–Kier alpha value is -9.14. The number of rotatable bonds is 8. The number of aryl methyl sites for hydroxylation is 3. The minimum Gasteiger partial charge on any atom is -0.316 e. The van der Waals surface area contributed by atoms with E-state index in [0.717, 1.165) is 118 Å². The molecule has 0 fully saturated rings. The monoisotopic (exact) mass is 900 g/mol. The maximum absolute atomic E-state index is 7.75. The van der Waals surface area contributed by atoms with E-state index in [4.69, 9.17) is 30.8 Å². The Labute approximate surface area is 403 Å². The van der Waals surface area contributed by atoms with Crippen LogP contribution in [0.1, 0.15) is 29.2 Å². The molecule has 6 aromatic carbocycles. The fourth-order valence-electron chi connectivity index (χ4n) is 10.9. The van der Waals surface area contributed by atoms with Crippen molar-refractivity contribution in [1.29, 1.82) is 10.8 Å². The molecule has 0 atom stereocenters. The molecule has 2 N–H and O–H groups in total. The van der Waals surface area contributed by atoms with Gasteiger partial charge in [0.25, 0.3) is 0 Å². The summed E-state index contributed by atoms with van der Waals surface area (Å²) in [6.45, 7) is 4.15. The van der Waals surface area contributed by atoms with Gasteiger partial charge in [-0.05, 0) is 203 Å². The topological polar surface area (TPSA) is 109 Å². The Morgan fingerprint density at radius 3 is 1.99 bits per heavy atom. The number of aromatic nitrogens is 6. The molecule has 1 aliphatic carbocycles. The molecule has 0 radical (unpaired) electrons. The van der Waals surface area contributed by atoms with E-state index in [9.17, 15) is 0 Å². The molecule has 6 heterocycles. The first-order valence-electron chi connectivity index (χ1n) is 23.6. The predicted molar refractivity (Wildman–Crippen MR) is 292 cm³/mol. The van der Waals surface area contributed by atoms with Crippen LogP contribution in [-0.2, 0) is 12.8 Å². The standard InChI is InChI=1S/C62H44N8/c1-37(17-21-64)19-26-69-56-15-13-43(48-34-44-8-4-23-67-61(44)62-46(48)10-6-24-68-62)30-51(56)53-32-40-11-12-41-33-54-52-31-42(47-28-39(7-3-20-63)29-55-45(47)9-5-22-65-55)14-16-57(52)70(60-27-38(2)18-25-66-60)59(54)36-50(41)49(40)35-58(53)69/h3-10,13-36,63-64H,11-12H2,1-2H3/b7-3-,26-19+,37-17-,63-20?,64-21?. The summed E-state index contributed by atoms with van der Waals surface area (Å²) < 4.78 is 4.65. The van der Waals surface area contributed by atoms with Crippen LogP contribution in [0.25, 0.3) is 128 Å². The highest BCUT2D eigenvalue weighted by atomic mass is 15.1. The summed E-state index contributed by atoms with van der Waals surface area (Å²) in [5, 5.41) is 23.3. The van der Waals surface area contributed by atoms with Crippen molar-refractivity contribution in [2.45, 2.75) is 26.7 Å². The van der Waals surface area contributed by atoms with Gasteiger partial charge in [0.05, 0.1) is 38.6 Å².